The van der Waals surface area contributed by atoms with E-state index in [2.05, 4.69) is 27.8 Å². The number of benzene rings is 5. The number of para-hydroxylation sites is 1. The Morgan fingerprint density at radius 3 is 2.20 bits per heavy atom. The third-order valence-corrected chi connectivity index (χ3v) is 8.18. The number of fused-ring (bicyclic) bond motifs is 4. The molecule has 2 amide bonds. The summed E-state index contributed by atoms with van der Waals surface area (Å²) in [5.41, 5.74) is 7.60. The van der Waals surface area contributed by atoms with Crippen molar-refractivity contribution in [3.8, 4) is 34.1 Å². The summed E-state index contributed by atoms with van der Waals surface area (Å²) in [6.45, 7) is 0. The maximum absolute atomic E-state index is 14.2. The smallest absolute Gasteiger partial charge is 0.268 e. The van der Waals surface area contributed by atoms with Crippen LogP contribution in [0.5, 0.6) is 0 Å². The standard InChI is InChI=1S/C38H22N4O2/c39-23-27-12-7-16-32(40-27)26-19-20-34-31(22-26)29-14-4-5-17-33(29)42(34)35-18-8-15-30-36(35)38(44)41(37(30)43)28-13-6-11-25(21-28)24-9-2-1-3-10-24/h1-22H. The minimum atomic E-state index is -0.356. The first-order valence-corrected chi connectivity index (χ1v) is 14.2. The molecule has 6 nitrogen and oxygen atoms in total. The van der Waals surface area contributed by atoms with Gasteiger partial charge in [-0.1, -0.05) is 78.9 Å². The number of aromatic nitrogens is 2. The predicted molar refractivity (Wildman–Crippen MR) is 172 cm³/mol. The first-order chi connectivity index (χ1) is 21.6. The molecule has 0 saturated heterocycles. The highest BCUT2D eigenvalue weighted by molar-refractivity contribution is 6.36. The Hall–Kier alpha value is -6.32. The highest BCUT2D eigenvalue weighted by Crippen LogP contribution is 2.39. The molecule has 0 saturated carbocycles. The number of hydrogen-bond donors (Lipinski definition) is 0. The Morgan fingerprint density at radius 1 is 0.591 bits per heavy atom. The fraction of sp³-hybridized carbons (Fsp3) is 0. The average Bonchev–Trinajstić information content (AvgIpc) is 3.55. The van der Waals surface area contributed by atoms with Gasteiger partial charge in [0.25, 0.3) is 11.8 Å². The van der Waals surface area contributed by atoms with E-state index >= 15 is 0 Å². The molecule has 0 bridgehead atoms. The van der Waals surface area contributed by atoms with Crippen LogP contribution in [0.25, 0.3) is 49.9 Å². The summed E-state index contributed by atoms with van der Waals surface area (Å²) < 4.78 is 2.06. The van der Waals surface area contributed by atoms with Crippen LogP contribution in [-0.2, 0) is 0 Å². The second-order valence-electron chi connectivity index (χ2n) is 10.7. The lowest BCUT2D eigenvalue weighted by Gasteiger charge is -2.16. The summed E-state index contributed by atoms with van der Waals surface area (Å²) >= 11 is 0. The number of hydrogen-bond acceptors (Lipinski definition) is 4. The highest BCUT2D eigenvalue weighted by Gasteiger charge is 2.39. The van der Waals surface area contributed by atoms with Gasteiger partial charge in [-0.15, -0.1) is 0 Å². The Balaban J connectivity index is 1.29. The normalized spacial score (nSPS) is 12.6. The zero-order chi connectivity index (χ0) is 29.8. The maximum Gasteiger partial charge on any atom is 0.268 e. The Morgan fingerprint density at radius 2 is 1.34 bits per heavy atom. The summed E-state index contributed by atoms with van der Waals surface area (Å²) in [4.78, 5) is 33.8. The molecule has 0 fully saturated rings. The van der Waals surface area contributed by atoms with Crippen molar-refractivity contribution in [2.24, 2.45) is 0 Å². The van der Waals surface area contributed by atoms with E-state index in [9.17, 15) is 14.9 Å². The maximum atomic E-state index is 14.2. The molecule has 44 heavy (non-hydrogen) atoms. The highest BCUT2D eigenvalue weighted by atomic mass is 16.2. The first kappa shape index (κ1) is 25.4. The summed E-state index contributed by atoms with van der Waals surface area (Å²) in [5.74, 6) is -0.700. The Bertz CT molecular complexity index is 2350. The molecule has 1 aliphatic heterocycles. The van der Waals surface area contributed by atoms with E-state index < -0.39 is 0 Å². The van der Waals surface area contributed by atoms with Gasteiger partial charge in [-0.3, -0.25) is 9.59 Å². The average molecular weight is 567 g/mol. The molecule has 0 unspecified atom stereocenters. The van der Waals surface area contributed by atoms with E-state index in [4.69, 9.17) is 0 Å². The number of carbonyl (C=O) groups is 2. The van der Waals surface area contributed by atoms with E-state index in [1.807, 2.05) is 103 Å². The van der Waals surface area contributed by atoms with Crippen LogP contribution in [0, 0.1) is 11.3 Å². The van der Waals surface area contributed by atoms with Gasteiger partial charge in [0.05, 0.1) is 39.2 Å². The fourth-order valence-electron chi connectivity index (χ4n) is 6.19. The van der Waals surface area contributed by atoms with E-state index in [1.54, 1.807) is 18.2 Å². The number of anilines is 1. The van der Waals surface area contributed by atoms with Gasteiger partial charge in [0, 0.05) is 16.3 Å². The number of nitriles is 1. The summed E-state index contributed by atoms with van der Waals surface area (Å²) in [6.07, 6.45) is 0. The fourth-order valence-corrected chi connectivity index (χ4v) is 6.19. The molecule has 0 aliphatic carbocycles. The van der Waals surface area contributed by atoms with Crippen molar-refractivity contribution < 1.29 is 9.59 Å². The molecule has 6 heteroatoms. The van der Waals surface area contributed by atoms with Crippen LogP contribution in [0.1, 0.15) is 26.4 Å². The molecule has 0 radical (unpaired) electrons. The number of rotatable bonds is 4. The van der Waals surface area contributed by atoms with Crippen molar-refractivity contribution >= 4 is 39.3 Å². The van der Waals surface area contributed by atoms with Crippen LogP contribution in [0.2, 0.25) is 0 Å². The van der Waals surface area contributed by atoms with Crippen molar-refractivity contribution in [3.05, 3.63) is 150 Å². The molecule has 206 valence electrons. The minimum Gasteiger partial charge on any atom is -0.308 e. The SMILES string of the molecule is N#Cc1cccc(-c2ccc3c(c2)c2ccccc2n3-c2cccc3c2C(=O)N(c2cccc(-c4ccccc4)c2)C3=O)n1. The van der Waals surface area contributed by atoms with Gasteiger partial charge in [-0.2, -0.15) is 5.26 Å². The van der Waals surface area contributed by atoms with Gasteiger partial charge < -0.3 is 4.57 Å². The molecular formula is C38H22N4O2. The van der Waals surface area contributed by atoms with E-state index in [1.165, 1.54) is 4.90 Å². The molecule has 0 atom stereocenters. The van der Waals surface area contributed by atoms with Crippen LogP contribution in [0.15, 0.2) is 133 Å². The number of carbonyl (C=O) groups excluding carboxylic acids is 2. The van der Waals surface area contributed by atoms with Crippen LogP contribution in [0.3, 0.4) is 0 Å². The largest absolute Gasteiger partial charge is 0.308 e. The second kappa shape index (κ2) is 9.90. The molecule has 0 N–H and O–H groups in total. The van der Waals surface area contributed by atoms with Gasteiger partial charge in [0.2, 0.25) is 0 Å². The van der Waals surface area contributed by atoms with Crippen molar-refractivity contribution in [3.63, 3.8) is 0 Å². The third kappa shape index (κ3) is 3.84. The predicted octanol–water partition coefficient (Wildman–Crippen LogP) is 8.18. The number of pyridine rings is 1. The lowest BCUT2D eigenvalue weighted by molar-refractivity contribution is 0.0926. The van der Waals surface area contributed by atoms with Crippen molar-refractivity contribution in [1.29, 1.82) is 5.26 Å². The quantitative estimate of drug-likeness (QED) is 0.201. The van der Waals surface area contributed by atoms with Gasteiger partial charge in [0.1, 0.15) is 11.8 Å². The van der Waals surface area contributed by atoms with E-state index in [-0.39, 0.29) is 11.8 Å². The number of amides is 2. The number of nitrogens with zero attached hydrogens (tertiary/aromatic N) is 4. The molecule has 5 aromatic carbocycles. The third-order valence-electron chi connectivity index (χ3n) is 8.18. The molecule has 0 spiro atoms. The molecule has 7 aromatic rings. The molecule has 8 rings (SSSR count). The monoisotopic (exact) mass is 566 g/mol. The van der Waals surface area contributed by atoms with Gasteiger partial charge >= 0.3 is 0 Å². The zero-order valence-corrected chi connectivity index (χ0v) is 23.3. The van der Waals surface area contributed by atoms with Crippen LogP contribution in [-0.4, -0.2) is 21.4 Å². The van der Waals surface area contributed by atoms with Crippen LogP contribution in [0.4, 0.5) is 5.69 Å². The molecule has 2 aromatic heterocycles. The molecule has 1 aliphatic rings. The van der Waals surface area contributed by atoms with Gasteiger partial charge in [-0.05, 0) is 65.7 Å². The van der Waals surface area contributed by atoms with Crippen LogP contribution >= 0.6 is 0 Å². The van der Waals surface area contributed by atoms with Gasteiger partial charge in [-0.25, -0.2) is 9.88 Å². The Labute approximate surface area is 252 Å². The Kier molecular flexibility index (Phi) is 5.71. The summed E-state index contributed by atoms with van der Waals surface area (Å²) in [5, 5.41) is 11.3. The molecule has 3 heterocycles. The lowest BCUT2D eigenvalue weighted by atomic mass is 10.0. The topological polar surface area (TPSA) is 79.0 Å². The van der Waals surface area contributed by atoms with E-state index in [0.29, 0.717) is 33.9 Å². The second-order valence-corrected chi connectivity index (χ2v) is 10.7. The lowest BCUT2D eigenvalue weighted by Crippen LogP contribution is -2.29. The van der Waals surface area contributed by atoms with Crippen molar-refractivity contribution in [2.45, 2.75) is 0 Å². The summed E-state index contributed by atoms with van der Waals surface area (Å²) in [6, 6.07) is 44.4. The van der Waals surface area contributed by atoms with E-state index in [0.717, 1.165) is 38.5 Å². The van der Waals surface area contributed by atoms with Crippen molar-refractivity contribution in [1.82, 2.24) is 9.55 Å². The minimum absolute atomic E-state index is 0.344. The number of imide groups is 1. The first-order valence-electron chi connectivity index (χ1n) is 14.2. The van der Waals surface area contributed by atoms with Gasteiger partial charge in [0.15, 0.2) is 0 Å². The molecular weight excluding hydrogens is 544 g/mol. The van der Waals surface area contributed by atoms with Crippen molar-refractivity contribution in [2.75, 3.05) is 4.90 Å². The summed E-state index contributed by atoms with van der Waals surface area (Å²) in [7, 11) is 0. The zero-order valence-electron chi connectivity index (χ0n) is 23.3. The van der Waals surface area contributed by atoms with Crippen LogP contribution < -0.4 is 4.90 Å².